The number of hydrazone groups is 1. The van der Waals surface area contributed by atoms with Crippen LogP contribution in [-0.2, 0) is 19.1 Å². The zero-order valence-electron chi connectivity index (χ0n) is 19.1. The Hall–Kier alpha value is -3.35. The standard InChI is InChI=1S/C23H26IN3O7/c1-4-33-22(30)14-34-23-16(24)11-15(12-19(23)32-3)13-25-27-21(29)10-9-20(28)26-17-7-5-6-8-18(17)31-2/h5-8,11-13H,4,9-10,14H2,1-3H3,(H,26,28)(H,27,29). The quantitative estimate of drug-likeness (QED) is 0.170. The summed E-state index contributed by atoms with van der Waals surface area (Å²) in [6.07, 6.45) is 1.38. The van der Waals surface area contributed by atoms with Crippen molar-refractivity contribution in [1.29, 1.82) is 0 Å². The van der Waals surface area contributed by atoms with E-state index < -0.39 is 11.9 Å². The van der Waals surface area contributed by atoms with E-state index in [-0.39, 0.29) is 32.0 Å². The number of hydrogen-bond donors (Lipinski definition) is 2. The lowest BCUT2D eigenvalue weighted by Gasteiger charge is -2.13. The number of benzene rings is 2. The first-order valence-corrected chi connectivity index (χ1v) is 11.4. The van der Waals surface area contributed by atoms with E-state index in [1.807, 2.05) is 22.6 Å². The molecule has 0 aliphatic carbocycles. The summed E-state index contributed by atoms with van der Waals surface area (Å²) in [6, 6.07) is 10.4. The van der Waals surface area contributed by atoms with Crippen LogP contribution in [0.2, 0.25) is 0 Å². The molecule has 0 saturated carbocycles. The number of hydrogen-bond acceptors (Lipinski definition) is 8. The summed E-state index contributed by atoms with van der Waals surface area (Å²) in [5.74, 6) is 0.122. The van der Waals surface area contributed by atoms with Gasteiger partial charge in [-0.05, 0) is 59.3 Å². The van der Waals surface area contributed by atoms with Crippen LogP contribution < -0.4 is 25.0 Å². The summed E-state index contributed by atoms with van der Waals surface area (Å²) in [6.45, 7) is 1.74. The van der Waals surface area contributed by atoms with E-state index in [1.54, 1.807) is 43.3 Å². The third-order valence-electron chi connectivity index (χ3n) is 4.25. The van der Waals surface area contributed by atoms with Crippen LogP contribution in [0.15, 0.2) is 41.5 Å². The van der Waals surface area contributed by atoms with Crippen molar-refractivity contribution in [3.05, 3.63) is 45.5 Å². The number of rotatable bonds is 12. The number of nitrogens with zero attached hydrogens (tertiary/aromatic N) is 1. The van der Waals surface area contributed by atoms with Crippen molar-refractivity contribution < 1.29 is 33.3 Å². The number of ether oxygens (including phenoxy) is 4. The van der Waals surface area contributed by atoms with Gasteiger partial charge in [0.2, 0.25) is 11.8 Å². The summed E-state index contributed by atoms with van der Waals surface area (Å²) in [7, 11) is 2.98. The van der Waals surface area contributed by atoms with E-state index in [2.05, 4.69) is 15.8 Å². The smallest absolute Gasteiger partial charge is 0.344 e. The van der Waals surface area contributed by atoms with Gasteiger partial charge in [0.1, 0.15) is 5.75 Å². The second-order valence-corrected chi connectivity index (χ2v) is 7.83. The van der Waals surface area contributed by atoms with Crippen LogP contribution in [0, 0.1) is 3.57 Å². The Kier molecular flexibility index (Phi) is 11.1. The van der Waals surface area contributed by atoms with Crippen LogP contribution in [0.3, 0.4) is 0 Å². The molecule has 0 saturated heterocycles. The topological polar surface area (TPSA) is 125 Å². The molecule has 0 heterocycles. The van der Waals surface area contributed by atoms with Crippen LogP contribution in [0.5, 0.6) is 17.2 Å². The minimum Gasteiger partial charge on any atom is -0.495 e. The Morgan fingerprint density at radius 2 is 1.74 bits per heavy atom. The highest BCUT2D eigenvalue weighted by Gasteiger charge is 2.14. The number of esters is 1. The Balaban J connectivity index is 1.88. The SMILES string of the molecule is CCOC(=O)COc1c(I)cc(C=NNC(=O)CCC(=O)Nc2ccccc2OC)cc1OC. The summed E-state index contributed by atoms with van der Waals surface area (Å²) in [5, 5.41) is 6.63. The highest BCUT2D eigenvalue weighted by Crippen LogP contribution is 2.33. The largest absolute Gasteiger partial charge is 0.495 e. The Labute approximate surface area is 211 Å². The molecule has 0 aliphatic heterocycles. The molecule has 0 aromatic heterocycles. The third-order valence-corrected chi connectivity index (χ3v) is 5.06. The van der Waals surface area contributed by atoms with Crippen molar-refractivity contribution >= 4 is 52.3 Å². The lowest BCUT2D eigenvalue weighted by Crippen LogP contribution is -2.20. The van der Waals surface area contributed by atoms with Gasteiger partial charge in [-0.25, -0.2) is 10.2 Å². The number of methoxy groups -OCH3 is 2. The number of para-hydroxylation sites is 2. The predicted molar refractivity (Wildman–Crippen MR) is 134 cm³/mol. The van der Waals surface area contributed by atoms with Gasteiger partial charge in [-0.3, -0.25) is 9.59 Å². The normalized spacial score (nSPS) is 10.5. The van der Waals surface area contributed by atoms with Crippen LogP contribution >= 0.6 is 22.6 Å². The molecule has 182 valence electrons. The van der Waals surface area contributed by atoms with Crippen LogP contribution in [0.25, 0.3) is 0 Å². The van der Waals surface area contributed by atoms with Gasteiger partial charge in [0.25, 0.3) is 0 Å². The first-order valence-electron chi connectivity index (χ1n) is 10.3. The minimum absolute atomic E-state index is 0.0162. The Bertz CT molecular complexity index is 1040. The molecule has 2 N–H and O–H groups in total. The van der Waals surface area contributed by atoms with Gasteiger partial charge in [-0.1, -0.05) is 12.1 Å². The first kappa shape index (κ1) is 26.9. The average Bonchev–Trinajstić information content (AvgIpc) is 2.82. The summed E-state index contributed by atoms with van der Waals surface area (Å²) in [5.41, 5.74) is 3.56. The lowest BCUT2D eigenvalue weighted by atomic mass is 10.2. The van der Waals surface area contributed by atoms with Gasteiger partial charge in [0.05, 0.1) is 36.3 Å². The van der Waals surface area contributed by atoms with Crippen LogP contribution in [-0.4, -0.2) is 51.4 Å². The average molecular weight is 583 g/mol. The van der Waals surface area contributed by atoms with Crippen molar-refractivity contribution in [2.45, 2.75) is 19.8 Å². The van der Waals surface area contributed by atoms with Crippen molar-refractivity contribution in [3.8, 4) is 17.2 Å². The Morgan fingerprint density at radius 1 is 1.03 bits per heavy atom. The Morgan fingerprint density at radius 3 is 2.44 bits per heavy atom. The molecule has 0 unspecified atom stereocenters. The van der Waals surface area contributed by atoms with Crippen LogP contribution in [0.4, 0.5) is 5.69 Å². The molecule has 2 rings (SSSR count). The van der Waals surface area contributed by atoms with Crippen molar-refractivity contribution in [2.24, 2.45) is 5.10 Å². The summed E-state index contributed by atoms with van der Waals surface area (Å²) in [4.78, 5) is 35.7. The van der Waals surface area contributed by atoms with E-state index >= 15 is 0 Å². The number of anilines is 1. The number of halogens is 1. The highest BCUT2D eigenvalue weighted by atomic mass is 127. The third kappa shape index (κ3) is 8.54. The fraction of sp³-hybridized carbons (Fsp3) is 0.304. The monoisotopic (exact) mass is 583 g/mol. The van der Waals surface area contributed by atoms with E-state index in [0.29, 0.717) is 32.1 Å². The summed E-state index contributed by atoms with van der Waals surface area (Å²) >= 11 is 2.04. The highest BCUT2D eigenvalue weighted by molar-refractivity contribution is 14.1. The molecule has 11 heteroatoms. The van der Waals surface area contributed by atoms with Gasteiger partial charge < -0.3 is 24.3 Å². The maximum atomic E-state index is 12.1. The molecule has 2 amide bonds. The molecule has 0 bridgehead atoms. The summed E-state index contributed by atoms with van der Waals surface area (Å²) < 4.78 is 21.6. The van der Waals surface area contributed by atoms with E-state index in [0.717, 1.165) is 0 Å². The second-order valence-electron chi connectivity index (χ2n) is 6.67. The fourth-order valence-corrected chi connectivity index (χ4v) is 3.49. The lowest BCUT2D eigenvalue weighted by molar-refractivity contribution is -0.145. The first-order chi connectivity index (χ1) is 16.4. The molecule has 0 spiro atoms. The van der Waals surface area contributed by atoms with Crippen molar-refractivity contribution in [2.75, 3.05) is 32.8 Å². The molecule has 0 aliphatic rings. The molecule has 2 aromatic carbocycles. The molecular formula is C23H26IN3O7. The zero-order chi connectivity index (χ0) is 24.9. The van der Waals surface area contributed by atoms with Gasteiger partial charge >= 0.3 is 5.97 Å². The van der Waals surface area contributed by atoms with Crippen molar-refractivity contribution in [3.63, 3.8) is 0 Å². The number of carbonyl (C=O) groups excluding carboxylic acids is 3. The predicted octanol–water partition coefficient (Wildman–Crippen LogP) is 3.12. The van der Waals surface area contributed by atoms with Crippen LogP contribution in [0.1, 0.15) is 25.3 Å². The minimum atomic E-state index is -0.481. The number of carbonyl (C=O) groups is 3. The second kappa shape index (κ2) is 14.0. The fourth-order valence-electron chi connectivity index (χ4n) is 2.71. The molecule has 0 radical (unpaired) electrons. The molecule has 10 nitrogen and oxygen atoms in total. The molecule has 0 atom stereocenters. The van der Waals surface area contributed by atoms with Gasteiger partial charge in [-0.2, -0.15) is 5.10 Å². The van der Waals surface area contributed by atoms with E-state index in [9.17, 15) is 14.4 Å². The van der Waals surface area contributed by atoms with E-state index in [4.69, 9.17) is 18.9 Å². The maximum absolute atomic E-state index is 12.1. The van der Waals surface area contributed by atoms with Crippen molar-refractivity contribution in [1.82, 2.24) is 5.43 Å². The van der Waals surface area contributed by atoms with Gasteiger partial charge in [-0.15, -0.1) is 0 Å². The van der Waals surface area contributed by atoms with Gasteiger partial charge in [0.15, 0.2) is 18.1 Å². The molecule has 34 heavy (non-hydrogen) atoms. The number of nitrogens with one attached hydrogen (secondary N) is 2. The van der Waals surface area contributed by atoms with E-state index in [1.165, 1.54) is 20.4 Å². The number of amides is 2. The molecule has 2 aromatic rings. The zero-order valence-corrected chi connectivity index (χ0v) is 21.2. The van der Waals surface area contributed by atoms with Gasteiger partial charge in [0, 0.05) is 12.8 Å². The molecular weight excluding hydrogens is 557 g/mol. The molecule has 0 fully saturated rings. The maximum Gasteiger partial charge on any atom is 0.344 e.